The van der Waals surface area contributed by atoms with Gasteiger partial charge >= 0.3 is 5.69 Å². The summed E-state index contributed by atoms with van der Waals surface area (Å²) >= 11 is 0. The Morgan fingerprint density at radius 3 is 2.70 bits per heavy atom. The van der Waals surface area contributed by atoms with Crippen LogP contribution in [-0.2, 0) is 0 Å². The Labute approximate surface area is 116 Å². The molecule has 1 aromatic rings. The lowest BCUT2D eigenvalue weighted by atomic mass is 10.1. The summed E-state index contributed by atoms with van der Waals surface area (Å²) in [6.07, 6.45) is 10.9. The average Bonchev–Trinajstić information content (AvgIpc) is 2.90. The number of hydrogen-bond acceptors (Lipinski definition) is 3. The van der Waals surface area contributed by atoms with Gasteiger partial charge in [0.1, 0.15) is 0 Å². The molecule has 0 saturated carbocycles. The molecule has 6 nitrogen and oxygen atoms in total. The van der Waals surface area contributed by atoms with Gasteiger partial charge in [0.15, 0.2) is 0 Å². The number of likely N-dealkylation sites (tertiary alicyclic amines) is 1. The van der Waals surface area contributed by atoms with E-state index in [-0.39, 0.29) is 17.4 Å². The van der Waals surface area contributed by atoms with Crippen molar-refractivity contribution in [3.05, 3.63) is 34.5 Å². The second kappa shape index (κ2) is 5.48. The van der Waals surface area contributed by atoms with Crippen LogP contribution in [0.2, 0.25) is 0 Å². The molecule has 1 fully saturated rings. The second-order valence-corrected chi connectivity index (χ2v) is 5.15. The number of piperidine rings is 1. The van der Waals surface area contributed by atoms with E-state index in [9.17, 15) is 9.59 Å². The molecule has 6 heteroatoms. The SMILES string of the molecule is O=C(c1nn(C2=CCCC=C2)c(=O)[nH]1)N1CCCCC1. The number of amides is 1. The highest BCUT2D eigenvalue weighted by molar-refractivity contribution is 5.90. The summed E-state index contributed by atoms with van der Waals surface area (Å²) in [5.74, 6) is -0.0438. The Kier molecular flexibility index (Phi) is 3.54. The van der Waals surface area contributed by atoms with Gasteiger partial charge < -0.3 is 4.90 Å². The number of aromatic amines is 1. The fraction of sp³-hybridized carbons (Fsp3) is 0.500. The van der Waals surface area contributed by atoms with Crippen molar-refractivity contribution in [2.45, 2.75) is 32.1 Å². The number of aromatic nitrogens is 3. The lowest BCUT2D eigenvalue weighted by Gasteiger charge is -2.25. The van der Waals surface area contributed by atoms with Crippen LogP contribution in [0.15, 0.2) is 23.0 Å². The van der Waals surface area contributed by atoms with Gasteiger partial charge in [0.2, 0.25) is 5.82 Å². The number of carbonyl (C=O) groups excluding carboxylic acids is 1. The molecule has 106 valence electrons. The van der Waals surface area contributed by atoms with E-state index in [1.54, 1.807) is 4.90 Å². The second-order valence-electron chi connectivity index (χ2n) is 5.15. The van der Waals surface area contributed by atoms with Crippen molar-refractivity contribution >= 4 is 11.6 Å². The van der Waals surface area contributed by atoms with Crippen molar-refractivity contribution in [3.63, 3.8) is 0 Å². The van der Waals surface area contributed by atoms with E-state index in [1.807, 2.05) is 18.2 Å². The lowest BCUT2D eigenvalue weighted by Crippen LogP contribution is -2.36. The highest BCUT2D eigenvalue weighted by Gasteiger charge is 2.22. The number of hydrogen-bond donors (Lipinski definition) is 1. The maximum absolute atomic E-state index is 12.3. The highest BCUT2D eigenvalue weighted by Crippen LogP contribution is 2.13. The first-order valence-corrected chi connectivity index (χ1v) is 7.11. The van der Waals surface area contributed by atoms with Crippen molar-refractivity contribution in [1.82, 2.24) is 19.7 Å². The first-order chi connectivity index (χ1) is 9.75. The van der Waals surface area contributed by atoms with Crippen LogP contribution in [0.1, 0.15) is 42.7 Å². The van der Waals surface area contributed by atoms with Gasteiger partial charge in [0.05, 0.1) is 5.70 Å². The molecule has 0 aromatic carbocycles. The summed E-state index contributed by atoms with van der Waals surface area (Å²) < 4.78 is 1.27. The Bertz CT molecular complexity index is 617. The monoisotopic (exact) mass is 274 g/mol. The maximum atomic E-state index is 12.3. The van der Waals surface area contributed by atoms with Crippen LogP contribution >= 0.6 is 0 Å². The Morgan fingerprint density at radius 1 is 1.20 bits per heavy atom. The molecule has 0 spiro atoms. The molecular formula is C14H18N4O2. The van der Waals surface area contributed by atoms with Crippen molar-refractivity contribution in [3.8, 4) is 0 Å². The lowest BCUT2D eigenvalue weighted by molar-refractivity contribution is 0.0712. The topological polar surface area (TPSA) is 71.0 Å². The molecule has 1 saturated heterocycles. The molecule has 0 unspecified atom stereocenters. The van der Waals surface area contributed by atoms with Crippen molar-refractivity contribution in [1.29, 1.82) is 0 Å². The highest BCUT2D eigenvalue weighted by atomic mass is 16.2. The van der Waals surface area contributed by atoms with Gasteiger partial charge in [-0.3, -0.25) is 9.78 Å². The zero-order valence-electron chi connectivity index (χ0n) is 11.3. The first-order valence-electron chi connectivity index (χ1n) is 7.11. The van der Waals surface area contributed by atoms with Crippen molar-refractivity contribution in [2.24, 2.45) is 0 Å². The smallest absolute Gasteiger partial charge is 0.336 e. The standard InChI is InChI=1S/C14H18N4O2/c19-13(17-9-5-2-6-10-17)12-15-14(20)18(16-12)11-7-3-1-4-8-11/h3,7-8H,1-2,4-6,9-10H2,(H,15,16,20). The normalized spacial score (nSPS) is 19.0. The number of carbonyl (C=O) groups is 1. The fourth-order valence-corrected chi connectivity index (χ4v) is 2.60. The molecule has 0 atom stereocenters. The van der Waals surface area contributed by atoms with E-state index in [0.29, 0.717) is 0 Å². The zero-order valence-corrected chi connectivity index (χ0v) is 11.3. The number of nitrogens with zero attached hydrogens (tertiary/aromatic N) is 3. The van der Waals surface area contributed by atoms with E-state index in [0.717, 1.165) is 50.9 Å². The van der Waals surface area contributed by atoms with E-state index in [2.05, 4.69) is 10.1 Å². The quantitative estimate of drug-likeness (QED) is 0.885. The van der Waals surface area contributed by atoms with Crippen LogP contribution in [0.3, 0.4) is 0 Å². The molecule has 20 heavy (non-hydrogen) atoms. The largest absolute Gasteiger partial charge is 0.348 e. The number of H-pyrrole nitrogens is 1. The predicted octanol–water partition coefficient (Wildman–Crippen LogP) is 1.39. The molecular weight excluding hydrogens is 256 g/mol. The van der Waals surface area contributed by atoms with Crippen LogP contribution in [0.5, 0.6) is 0 Å². The van der Waals surface area contributed by atoms with Crippen molar-refractivity contribution < 1.29 is 4.79 Å². The number of rotatable bonds is 2. The van der Waals surface area contributed by atoms with Gasteiger partial charge in [-0.2, -0.15) is 4.68 Å². The minimum atomic E-state index is -0.358. The molecule has 1 N–H and O–H groups in total. The van der Waals surface area contributed by atoms with Gasteiger partial charge in [-0.25, -0.2) is 4.79 Å². The van der Waals surface area contributed by atoms with Crippen LogP contribution in [0.4, 0.5) is 0 Å². The molecule has 2 aliphatic rings. The third-order valence-electron chi connectivity index (χ3n) is 3.68. The molecule has 3 rings (SSSR count). The fourth-order valence-electron chi connectivity index (χ4n) is 2.60. The van der Waals surface area contributed by atoms with Gasteiger partial charge in [-0.05, 0) is 38.2 Å². The molecule has 1 aliphatic heterocycles. The first kappa shape index (κ1) is 12.9. The third-order valence-corrected chi connectivity index (χ3v) is 3.68. The number of allylic oxidation sites excluding steroid dienone is 4. The maximum Gasteiger partial charge on any atom is 0.348 e. The van der Waals surface area contributed by atoms with E-state index in [1.165, 1.54) is 4.68 Å². The molecule has 1 amide bonds. The summed E-state index contributed by atoms with van der Waals surface area (Å²) in [5, 5.41) is 4.15. The van der Waals surface area contributed by atoms with Crippen LogP contribution in [0.25, 0.3) is 5.70 Å². The zero-order chi connectivity index (χ0) is 13.9. The van der Waals surface area contributed by atoms with E-state index < -0.39 is 0 Å². The van der Waals surface area contributed by atoms with Gasteiger partial charge in [0.25, 0.3) is 5.91 Å². The predicted molar refractivity (Wildman–Crippen MR) is 75.2 cm³/mol. The summed E-state index contributed by atoms with van der Waals surface area (Å²) in [6, 6.07) is 0. The van der Waals surface area contributed by atoms with Crippen LogP contribution < -0.4 is 5.69 Å². The summed E-state index contributed by atoms with van der Waals surface area (Å²) in [4.78, 5) is 28.5. The molecule has 1 aromatic heterocycles. The number of nitrogens with one attached hydrogen (secondary N) is 1. The molecule has 2 heterocycles. The minimum absolute atomic E-state index is 0.136. The molecule has 0 bridgehead atoms. The molecule has 1 aliphatic carbocycles. The Hall–Kier alpha value is -2.11. The van der Waals surface area contributed by atoms with E-state index in [4.69, 9.17) is 0 Å². The van der Waals surface area contributed by atoms with Crippen LogP contribution in [-0.4, -0.2) is 38.7 Å². The average molecular weight is 274 g/mol. The third kappa shape index (κ3) is 2.45. The van der Waals surface area contributed by atoms with Crippen LogP contribution in [0, 0.1) is 0 Å². The Morgan fingerprint density at radius 2 is 2.00 bits per heavy atom. The van der Waals surface area contributed by atoms with Gasteiger partial charge in [-0.1, -0.05) is 12.2 Å². The summed E-state index contributed by atoms with van der Waals surface area (Å²) in [6.45, 7) is 1.49. The van der Waals surface area contributed by atoms with Gasteiger partial charge in [-0.15, -0.1) is 5.10 Å². The summed E-state index contributed by atoms with van der Waals surface area (Å²) in [5.41, 5.74) is 0.373. The summed E-state index contributed by atoms with van der Waals surface area (Å²) in [7, 11) is 0. The Balaban J connectivity index is 1.84. The van der Waals surface area contributed by atoms with E-state index >= 15 is 0 Å². The van der Waals surface area contributed by atoms with Gasteiger partial charge in [0, 0.05) is 13.1 Å². The van der Waals surface area contributed by atoms with Crippen molar-refractivity contribution in [2.75, 3.05) is 13.1 Å². The molecule has 0 radical (unpaired) electrons. The minimum Gasteiger partial charge on any atom is -0.336 e.